The van der Waals surface area contributed by atoms with Crippen LogP contribution in [-0.2, 0) is 9.53 Å². The number of benzene rings is 1. The van der Waals surface area contributed by atoms with Gasteiger partial charge in [-0.2, -0.15) is 0 Å². The van der Waals surface area contributed by atoms with Gasteiger partial charge in [-0.3, -0.25) is 4.79 Å². The van der Waals surface area contributed by atoms with Crippen LogP contribution in [0.3, 0.4) is 0 Å². The molecule has 0 aliphatic carbocycles. The number of carbonyl (C=O) groups excluding carboxylic acids is 1. The third kappa shape index (κ3) is 3.20. The molecule has 6 heteroatoms. The average Bonchev–Trinajstić information content (AvgIpc) is 2.24. The van der Waals surface area contributed by atoms with Crippen molar-refractivity contribution in [2.45, 2.75) is 19.4 Å². The molecule has 1 aromatic rings. The predicted octanol–water partition coefficient (Wildman–Crippen LogP) is 2.06. The van der Waals surface area contributed by atoms with Crippen molar-refractivity contribution in [3.05, 3.63) is 35.1 Å². The van der Waals surface area contributed by atoms with Gasteiger partial charge in [-0.15, -0.1) is 0 Å². The maximum atomic E-state index is 13.3. The zero-order valence-electron chi connectivity index (χ0n) is 9.17. The first-order valence-electron chi connectivity index (χ1n) is 5.02. The standard InChI is InChI=1S/C11H12F3NO2/c1-2-17-9(16)5-8(15)10-6(12)3-4-7(13)11(10)14/h3-4,8H,2,5,15H2,1H3/t8-/m0/s1. The molecule has 17 heavy (non-hydrogen) atoms. The van der Waals surface area contributed by atoms with Crippen LogP contribution in [0.15, 0.2) is 12.1 Å². The fourth-order valence-corrected chi connectivity index (χ4v) is 1.38. The molecule has 0 saturated carbocycles. The molecular formula is C11H12F3NO2. The Labute approximate surface area is 96.4 Å². The third-order valence-corrected chi connectivity index (χ3v) is 2.14. The lowest BCUT2D eigenvalue weighted by Crippen LogP contribution is -2.20. The number of carbonyl (C=O) groups is 1. The Hall–Kier alpha value is -1.56. The van der Waals surface area contributed by atoms with Gasteiger partial charge in [-0.1, -0.05) is 0 Å². The normalized spacial score (nSPS) is 12.3. The highest BCUT2D eigenvalue weighted by Crippen LogP contribution is 2.23. The van der Waals surface area contributed by atoms with Gasteiger partial charge in [0.2, 0.25) is 0 Å². The van der Waals surface area contributed by atoms with Crippen molar-refractivity contribution in [2.24, 2.45) is 5.73 Å². The van der Waals surface area contributed by atoms with Crippen molar-refractivity contribution < 1.29 is 22.7 Å². The summed E-state index contributed by atoms with van der Waals surface area (Å²) in [6, 6.07) is 0.147. The van der Waals surface area contributed by atoms with E-state index in [1.54, 1.807) is 6.92 Å². The van der Waals surface area contributed by atoms with Gasteiger partial charge in [0.15, 0.2) is 11.6 Å². The summed E-state index contributed by atoms with van der Waals surface area (Å²) in [7, 11) is 0. The largest absolute Gasteiger partial charge is 0.466 e. The second-order valence-electron chi connectivity index (χ2n) is 3.37. The Morgan fingerprint density at radius 3 is 2.53 bits per heavy atom. The van der Waals surface area contributed by atoms with Crippen molar-refractivity contribution >= 4 is 5.97 Å². The van der Waals surface area contributed by atoms with E-state index in [0.29, 0.717) is 6.07 Å². The molecule has 0 bridgehead atoms. The number of hydrogen-bond acceptors (Lipinski definition) is 3. The molecule has 0 spiro atoms. The highest BCUT2D eigenvalue weighted by Gasteiger charge is 2.22. The average molecular weight is 247 g/mol. The van der Waals surface area contributed by atoms with Crippen LogP contribution in [0.25, 0.3) is 0 Å². The molecule has 1 atom stereocenters. The summed E-state index contributed by atoms with van der Waals surface area (Å²) in [6.45, 7) is 1.73. The first kappa shape index (κ1) is 13.5. The lowest BCUT2D eigenvalue weighted by molar-refractivity contribution is -0.143. The number of nitrogens with two attached hydrogens (primary N) is 1. The summed E-state index contributed by atoms with van der Waals surface area (Å²) in [5, 5.41) is 0. The van der Waals surface area contributed by atoms with Crippen molar-refractivity contribution in [1.82, 2.24) is 0 Å². The number of hydrogen-bond donors (Lipinski definition) is 1. The molecule has 1 rings (SSSR count). The molecular weight excluding hydrogens is 235 g/mol. The summed E-state index contributed by atoms with van der Waals surface area (Å²) >= 11 is 0. The fraction of sp³-hybridized carbons (Fsp3) is 0.364. The van der Waals surface area contributed by atoms with Crippen LogP contribution in [0.1, 0.15) is 24.9 Å². The molecule has 0 amide bonds. The summed E-state index contributed by atoms with van der Waals surface area (Å²) in [4.78, 5) is 11.1. The van der Waals surface area contributed by atoms with E-state index in [-0.39, 0.29) is 6.61 Å². The number of halogens is 3. The van der Waals surface area contributed by atoms with E-state index in [1.807, 2.05) is 0 Å². The van der Waals surface area contributed by atoms with E-state index in [1.165, 1.54) is 0 Å². The summed E-state index contributed by atoms with van der Waals surface area (Å²) in [5.74, 6) is -4.26. The molecule has 1 aromatic carbocycles. The molecule has 0 heterocycles. The van der Waals surface area contributed by atoms with Crippen LogP contribution in [0.4, 0.5) is 13.2 Å². The Morgan fingerprint density at radius 2 is 1.94 bits per heavy atom. The van der Waals surface area contributed by atoms with E-state index in [2.05, 4.69) is 4.74 Å². The maximum Gasteiger partial charge on any atom is 0.307 e. The number of rotatable bonds is 4. The van der Waals surface area contributed by atoms with E-state index in [4.69, 9.17) is 5.73 Å². The number of ether oxygens (including phenoxy) is 1. The third-order valence-electron chi connectivity index (χ3n) is 2.14. The predicted molar refractivity (Wildman–Crippen MR) is 54.5 cm³/mol. The van der Waals surface area contributed by atoms with E-state index >= 15 is 0 Å². The van der Waals surface area contributed by atoms with E-state index < -0.39 is 41.4 Å². The Kier molecular flexibility index (Phi) is 4.51. The van der Waals surface area contributed by atoms with Crippen LogP contribution >= 0.6 is 0 Å². The van der Waals surface area contributed by atoms with Gasteiger partial charge in [-0.05, 0) is 19.1 Å². The highest BCUT2D eigenvalue weighted by molar-refractivity contribution is 5.70. The Bertz CT molecular complexity index is 423. The monoisotopic (exact) mass is 247 g/mol. The Morgan fingerprint density at radius 1 is 1.35 bits per heavy atom. The second kappa shape index (κ2) is 5.67. The summed E-state index contributed by atoms with van der Waals surface area (Å²) in [5.41, 5.74) is 4.81. The van der Waals surface area contributed by atoms with Gasteiger partial charge in [-0.25, -0.2) is 13.2 Å². The first-order valence-corrected chi connectivity index (χ1v) is 5.02. The van der Waals surface area contributed by atoms with Crippen molar-refractivity contribution in [3.63, 3.8) is 0 Å². The summed E-state index contributed by atoms with van der Waals surface area (Å²) < 4.78 is 44.1. The minimum Gasteiger partial charge on any atom is -0.466 e. The van der Waals surface area contributed by atoms with Crippen LogP contribution in [0, 0.1) is 17.5 Å². The topological polar surface area (TPSA) is 52.3 Å². The molecule has 2 N–H and O–H groups in total. The van der Waals surface area contributed by atoms with Gasteiger partial charge in [0.1, 0.15) is 5.82 Å². The van der Waals surface area contributed by atoms with Crippen LogP contribution in [0.5, 0.6) is 0 Å². The Balaban J connectivity index is 2.92. The van der Waals surface area contributed by atoms with Crippen LogP contribution in [-0.4, -0.2) is 12.6 Å². The van der Waals surface area contributed by atoms with Crippen molar-refractivity contribution in [1.29, 1.82) is 0 Å². The lowest BCUT2D eigenvalue weighted by atomic mass is 10.0. The molecule has 0 unspecified atom stereocenters. The van der Waals surface area contributed by atoms with Gasteiger partial charge in [0, 0.05) is 11.6 Å². The highest BCUT2D eigenvalue weighted by atomic mass is 19.2. The zero-order valence-corrected chi connectivity index (χ0v) is 9.17. The van der Waals surface area contributed by atoms with E-state index in [9.17, 15) is 18.0 Å². The molecule has 94 valence electrons. The second-order valence-corrected chi connectivity index (χ2v) is 3.37. The molecule has 3 nitrogen and oxygen atoms in total. The maximum absolute atomic E-state index is 13.3. The smallest absolute Gasteiger partial charge is 0.307 e. The van der Waals surface area contributed by atoms with E-state index in [0.717, 1.165) is 6.07 Å². The zero-order chi connectivity index (χ0) is 13.0. The minimum absolute atomic E-state index is 0.139. The van der Waals surface area contributed by atoms with Gasteiger partial charge >= 0.3 is 5.97 Å². The molecule has 0 aromatic heterocycles. The van der Waals surface area contributed by atoms with Gasteiger partial charge in [0.05, 0.1) is 13.0 Å². The van der Waals surface area contributed by atoms with Crippen molar-refractivity contribution in [3.8, 4) is 0 Å². The molecule has 0 saturated heterocycles. The van der Waals surface area contributed by atoms with Crippen molar-refractivity contribution in [2.75, 3.05) is 6.61 Å². The molecule has 0 aliphatic heterocycles. The fourth-order valence-electron chi connectivity index (χ4n) is 1.38. The van der Waals surface area contributed by atoms with Crippen LogP contribution < -0.4 is 5.73 Å². The molecule has 0 fully saturated rings. The molecule has 0 aliphatic rings. The lowest BCUT2D eigenvalue weighted by Gasteiger charge is -2.13. The van der Waals surface area contributed by atoms with Gasteiger partial charge in [0.25, 0.3) is 0 Å². The SMILES string of the molecule is CCOC(=O)C[C@H](N)c1c(F)ccc(F)c1F. The summed E-state index contributed by atoms with van der Waals surface area (Å²) in [6.07, 6.45) is -0.412. The molecule has 0 radical (unpaired) electrons. The van der Waals surface area contributed by atoms with Crippen LogP contribution in [0.2, 0.25) is 0 Å². The van der Waals surface area contributed by atoms with Gasteiger partial charge < -0.3 is 10.5 Å². The first-order chi connectivity index (χ1) is 7.97. The quantitative estimate of drug-likeness (QED) is 0.654. The number of esters is 1. The minimum atomic E-state index is -1.37.